The Morgan fingerprint density at radius 2 is 2.15 bits per heavy atom. The van der Waals surface area contributed by atoms with Crippen LogP contribution in [0, 0.1) is 23.7 Å². The summed E-state index contributed by atoms with van der Waals surface area (Å²) in [5.74, 6) is 3.66. The summed E-state index contributed by atoms with van der Waals surface area (Å²) >= 11 is 1.64. The van der Waals surface area contributed by atoms with Crippen LogP contribution in [0.2, 0.25) is 0 Å². The second-order valence-corrected chi connectivity index (χ2v) is 7.80. The Bertz CT molecular complexity index is 526. The van der Waals surface area contributed by atoms with Gasteiger partial charge in [-0.2, -0.15) is 0 Å². The van der Waals surface area contributed by atoms with Crippen LogP contribution >= 0.6 is 11.3 Å². The van der Waals surface area contributed by atoms with Gasteiger partial charge in [0.1, 0.15) is 0 Å². The minimum atomic E-state index is -0.318. The number of nitrogens with one attached hydrogen (secondary N) is 1. The molecule has 1 aromatic rings. The molecule has 0 saturated heterocycles. The number of nitrogens with two attached hydrogens (primary N) is 1. The quantitative estimate of drug-likeness (QED) is 0.896. The molecule has 3 aliphatic rings. The lowest BCUT2D eigenvalue weighted by atomic mass is 9.79. The molecule has 3 N–H and O–H groups in total. The van der Waals surface area contributed by atoms with E-state index >= 15 is 0 Å². The maximum absolute atomic E-state index is 11.1. The smallest absolute Gasteiger partial charge is 0.249 e. The van der Waals surface area contributed by atoms with E-state index in [1.54, 1.807) is 11.3 Å². The highest BCUT2D eigenvalue weighted by molar-refractivity contribution is 7.10. The molecule has 108 valence electrons. The summed E-state index contributed by atoms with van der Waals surface area (Å²) in [5, 5.41) is 5.62. The van der Waals surface area contributed by atoms with Crippen LogP contribution in [0.15, 0.2) is 11.4 Å². The Kier molecular flexibility index (Phi) is 3.11. The SMILES string of the molecule is NC(=O)c1csc(CNC2CC3CC2C2CCCC32)c1. The fourth-order valence-electron chi connectivity index (χ4n) is 5.14. The first-order valence-electron chi connectivity index (χ1n) is 7.83. The van der Waals surface area contributed by atoms with E-state index in [0.717, 1.165) is 30.2 Å². The standard InChI is InChI=1S/C16H22N2OS/c17-16(19)10-4-11(20-8-10)7-18-15-6-9-5-14(15)13-3-1-2-12(9)13/h4,8-9,12-15,18H,1-3,5-7H2,(H2,17,19). The summed E-state index contributed by atoms with van der Waals surface area (Å²) in [6.07, 6.45) is 7.26. The summed E-state index contributed by atoms with van der Waals surface area (Å²) < 4.78 is 0. The Balaban J connectivity index is 1.37. The van der Waals surface area contributed by atoms with Gasteiger partial charge in [-0.25, -0.2) is 0 Å². The minimum Gasteiger partial charge on any atom is -0.366 e. The number of amides is 1. The van der Waals surface area contributed by atoms with E-state index < -0.39 is 0 Å². The zero-order chi connectivity index (χ0) is 13.7. The molecule has 0 aliphatic heterocycles. The van der Waals surface area contributed by atoms with Gasteiger partial charge in [0.15, 0.2) is 0 Å². The van der Waals surface area contributed by atoms with Crippen LogP contribution in [0.25, 0.3) is 0 Å². The van der Waals surface area contributed by atoms with Crippen LogP contribution in [0.5, 0.6) is 0 Å². The topological polar surface area (TPSA) is 55.1 Å². The van der Waals surface area contributed by atoms with E-state index in [4.69, 9.17) is 5.73 Å². The number of carbonyl (C=O) groups excluding carboxylic acids is 1. The molecule has 3 nitrogen and oxygen atoms in total. The first-order chi connectivity index (χ1) is 9.72. The number of thiophene rings is 1. The third kappa shape index (κ3) is 2.01. The monoisotopic (exact) mass is 290 g/mol. The molecule has 3 saturated carbocycles. The van der Waals surface area contributed by atoms with Crippen molar-refractivity contribution < 1.29 is 4.79 Å². The van der Waals surface area contributed by atoms with Gasteiger partial charge in [-0.05, 0) is 55.4 Å². The van der Waals surface area contributed by atoms with Gasteiger partial charge in [-0.3, -0.25) is 4.79 Å². The van der Waals surface area contributed by atoms with Crippen LogP contribution in [-0.4, -0.2) is 11.9 Å². The molecule has 0 aromatic carbocycles. The van der Waals surface area contributed by atoms with Gasteiger partial charge < -0.3 is 11.1 Å². The summed E-state index contributed by atoms with van der Waals surface area (Å²) in [4.78, 5) is 12.3. The van der Waals surface area contributed by atoms with Crippen LogP contribution in [0.1, 0.15) is 47.3 Å². The average molecular weight is 290 g/mol. The molecule has 1 amide bonds. The molecular formula is C16H22N2OS. The third-order valence-electron chi connectivity index (χ3n) is 5.91. The first-order valence-corrected chi connectivity index (χ1v) is 8.71. The lowest BCUT2D eigenvalue weighted by Crippen LogP contribution is -2.38. The van der Waals surface area contributed by atoms with Crippen molar-refractivity contribution in [2.45, 2.75) is 44.7 Å². The van der Waals surface area contributed by atoms with Gasteiger partial charge in [-0.1, -0.05) is 6.42 Å². The zero-order valence-electron chi connectivity index (χ0n) is 11.7. The normalized spacial score (nSPS) is 38.3. The van der Waals surface area contributed by atoms with Crippen molar-refractivity contribution in [1.82, 2.24) is 5.32 Å². The minimum absolute atomic E-state index is 0.318. The molecule has 4 rings (SSSR count). The average Bonchev–Trinajstić information content (AvgIpc) is 3.17. The number of hydrogen-bond acceptors (Lipinski definition) is 3. The number of fused-ring (bicyclic) bond motifs is 5. The Labute approximate surface area is 123 Å². The molecule has 1 heterocycles. The van der Waals surface area contributed by atoms with Crippen LogP contribution < -0.4 is 11.1 Å². The van der Waals surface area contributed by atoms with Gasteiger partial charge in [0.05, 0.1) is 5.56 Å². The Hall–Kier alpha value is -0.870. The Morgan fingerprint density at radius 1 is 1.30 bits per heavy atom. The summed E-state index contributed by atoms with van der Waals surface area (Å²) in [7, 11) is 0. The molecular weight excluding hydrogens is 268 g/mol. The van der Waals surface area contributed by atoms with Crippen LogP contribution in [-0.2, 0) is 6.54 Å². The second-order valence-electron chi connectivity index (χ2n) is 6.81. The molecule has 4 heteroatoms. The molecule has 20 heavy (non-hydrogen) atoms. The highest BCUT2D eigenvalue weighted by atomic mass is 32.1. The summed E-state index contributed by atoms with van der Waals surface area (Å²) in [5.41, 5.74) is 5.95. The van der Waals surface area contributed by atoms with Crippen molar-refractivity contribution >= 4 is 17.2 Å². The van der Waals surface area contributed by atoms with Gasteiger partial charge in [0, 0.05) is 22.8 Å². The fourth-order valence-corrected chi connectivity index (χ4v) is 5.96. The largest absolute Gasteiger partial charge is 0.366 e. The first kappa shape index (κ1) is 12.8. The van der Waals surface area contributed by atoms with E-state index in [9.17, 15) is 4.79 Å². The fraction of sp³-hybridized carbons (Fsp3) is 0.688. The molecule has 3 fully saturated rings. The number of primary amides is 1. The van der Waals surface area contributed by atoms with Crippen molar-refractivity contribution in [1.29, 1.82) is 0 Å². The molecule has 5 atom stereocenters. The maximum Gasteiger partial charge on any atom is 0.249 e. The zero-order valence-corrected chi connectivity index (χ0v) is 12.5. The summed E-state index contributed by atoms with van der Waals surface area (Å²) in [6, 6.07) is 2.64. The van der Waals surface area contributed by atoms with E-state index in [-0.39, 0.29) is 5.91 Å². The van der Waals surface area contributed by atoms with Crippen LogP contribution in [0.3, 0.4) is 0 Å². The third-order valence-corrected chi connectivity index (χ3v) is 6.84. The van der Waals surface area contributed by atoms with E-state index in [1.807, 2.05) is 11.4 Å². The second kappa shape index (κ2) is 4.85. The van der Waals surface area contributed by atoms with Crippen molar-refractivity contribution in [3.63, 3.8) is 0 Å². The number of carbonyl (C=O) groups is 1. The molecule has 5 unspecified atom stereocenters. The molecule has 3 aliphatic carbocycles. The van der Waals surface area contributed by atoms with Gasteiger partial charge in [0.25, 0.3) is 0 Å². The maximum atomic E-state index is 11.1. The highest BCUT2D eigenvalue weighted by Gasteiger charge is 2.53. The van der Waals surface area contributed by atoms with E-state index in [2.05, 4.69) is 5.32 Å². The van der Waals surface area contributed by atoms with Crippen molar-refractivity contribution in [2.24, 2.45) is 29.4 Å². The number of rotatable bonds is 4. The Morgan fingerprint density at radius 3 is 2.95 bits per heavy atom. The lowest BCUT2D eigenvalue weighted by Gasteiger charge is -2.32. The predicted octanol–water partition coefficient (Wildman–Crippen LogP) is 2.76. The molecule has 1 aromatic heterocycles. The van der Waals surface area contributed by atoms with Crippen molar-refractivity contribution in [3.05, 3.63) is 21.9 Å². The van der Waals surface area contributed by atoms with Crippen LogP contribution in [0.4, 0.5) is 0 Å². The molecule has 0 radical (unpaired) electrons. The van der Waals surface area contributed by atoms with Gasteiger partial charge in [-0.15, -0.1) is 11.3 Å². The molecule has 0 spiro atoms. The highest BCUT2D eigenvalue weighted by Crippen LogP contribution is 2.58. The molecule has 2 bridgehead atoms. The van der Waals surface area contributed by atoms with E-state index in [1.165, 1.54) is 37.0 Å². The van der Waals surface area contributed by atoms with Gasteiger partial charge in [0.2, 0.25) is 5.91 Å². The number of hydrogen-bond donors (Lipinski definition) is 2. The van der Waals surface area contributed by atoms with Crippen molar-refractivity contribution in [3.8, 4) is 0 Å². The van der Waals surface area contributed by atoms with Crippen molar-refractivity contribution in [2.75, 3.05) is 0 Å². The lowest BCUT2D eigenvalue weighted by molar-refractivity contribution is 0.100. The summed E-state index contributed by atoms with van der Waals surface area (Å²) in [6.45, 7) is 0.892. The van der Waals surface area contributed by atoms with Gasteiger partial charge >= 0.3 is 0 Å². The van der Waals surface area contributed by atoms with E-state index in [0.29, 0.717) is 11.6 Å². The predicted molar refractivity (Wildman–Crippen MR) is 80.5 cm³/mol.